The average Bonchev–Trinajstić information content (AvgIpc) is 3.02. The van der Waals surface area contributed by atoms with Gasteiger partial charge in [0.05, 0.1) is 16.0 Å². The van der Waals surface area contributed by atoms with Gasteiger partial charge in [-0.3, -0.25) is 4.79 Å². The van der Waals surface area contributed by atoms with E-state index in [0.717, 1.165) is 20.9 Å². The lowest BCUT2D eigenvalue weighted by atomic mass is 10.0. The molecule has 0 bridgehead atoms. The first-order chi connectivity index (χ1) is 11.1. The number of hydrogen-bond acceptors (Lipinski definition) is 5. The maximum atomic E-state index is 12.2. The van der Waals surface area contributed by atoms with Gasteiger partial charge in [-0.2, -0.15) is 0 Å². The molecule has 0 aliphatic heterocycles. The van der Waals surface area contributed by atoms with Crippen molar-refractivity contribution in [1.82, 2.24) is 9.97 Å². The Morgan fingerprint density at radius 1 is 1.30 bits per heavy atom. The Kier molecular flexibility index (Phi) is 4.93. The summed E-state index contributed by atoms with van der Waals surface area (Å²) in [6, 6.07) is 9.94. The van der Waals surface area contributed by atoms with Crippen molar-refractivity contribution in [3.05, 3.63) is 47.6 Å². The lowest BCUT2D eigenvalue weighted by Gasteiger charge is -2.09. The van der Waals surface area contributed by atoms with Crippen molar-refractivity contribution < 1.29 is 4.79 Å². The minimum Gasteiger partial charge on any atom is -0.325 e. The molecular weight excluding hydrogens is 326 g/mol. The summed E-state index contributed by atoms with van der Waals surface area (Å²) in [7, 11) is 0. The number of carbonyl (C=O) groups excluding carboxylic acids is 1. The standard InChI is InChI=1S/C17H17N3OS2/c1-11(2)12-4-3-5-13(8-12)20-15(21)9-23-17-16-14(6-7-22-16)18-10-19-17/h3-8,10-11H,9H2,1-2H3,(H,20,21). The normalized spacial score (nSPS) is 11.1. The Labute approximate surface area is 143 Å². The second-order valence-electron chi connectivity index (χ2n) is 5.43. The van der Waals surface area contributed by atoms with E-state index in [9.17, 15) is 4.79 Å². The van der Waals surface area contributed by atoms with E-state index in [4.69, 9.17) is 0 Å². The summed E-state index contributed by atoms with van der Waals surface area (Å²) in [5.74, 6) is 0.740. The summed E-state index contributed by atoms with van der Waals surface area (Å²) in [6.45, 7) is 4.27. The van der Waals surface area contributed by atoms with E-state index in [-0.39, 0.29) is 5.91 Å². The number of anilines is 1. The Hall–Kier alpha value is -1.92. The minimum absolute atomic E-state index is 0.0285. The van der Waals surface area contributed by atoms with Gasteiger partial charge in [-0.05, 0) is 35.1 Å². The van der Waals surface area contributed by atoms with Crippen LogP contribution < -0.4 is 5.32 Å². The molecule has 1 amide bonds. The van der Waals surface area contributed by atoms with Crippen LogP contribution in [-0.2, 0) is 4.79 Å². The van der Waals surface area contributed by atoms with Crippen LogP contribution in [-0.4, -0.2) is 21.6 Å². The van der Waals surface area contributed by atoms with Gasteiger partial charge in [0.2, 0.25) is 5.91 Å². The molecule has 1 N–H and O–H groups in total. The van der Waals surface area contributed by atoms with Gasteiger partial charge in [-0.15, -0.1) is 11.3 Å². The number of carbonyl (C=O) groups is 1. The lowest BCUT2D eigenvalue weighted by molar-refractivity contribution is -0.113. The molecule has 0 aliphatic rings. The maximum Gasteiger partial charge on any atom is 0.234 e. The Morgan fingerprint density at radius 2 is 2.17 bits per heavy atom. The molecule has 0 saturated carbocycles. The van der Waals surface area contributed by atoms with Crippen LogP contribution >= 0.6 is 23.1 Å². The van der Waals surface area contributed by atoms with Gasteiger partial charge in [0.1, 0.15) is 11.4 Å². The first-order valence-corrected chi connectivity index (χ1v) is 9.21. The number of benzene rings is 1. The summed E-state index contributed by atoms with van der Waals surface area (Å²) in [5.41, 5.74) is 2.98. The average molecular weight is 343 g/mol. The SMILES string of the molecule is CC(C)c1cccc(NC(=O)CSc2ncnc3ccsc23)c1. The Bertz CT molecular complexity index is 829. The van der Waals surface area contributed by atoms with E-state index in [1.165, 1.54) is 17.3 Å². The van der Waals surface area contributed by atoms with Gasteiger partial charge >= 0.3 is 0 Å². The zero-order chi connectivity index (χ0) is 16.2. The minimum atomic E-state index is -0.0285. The van der Waals surface area contributed by atoms with Crippen LogP contribution in [0.25, 0.3) is 10.2 Å². The fourth-order valence-corrected chi connectivity index (χ4v) is 3.92. The van der Waals surface area contributed by atoms with E-state index in [2.05, 4.69) is 35.2 Å². The highest BCUT2D eigenvalue weighted by Gasteiger charge is 2.09. The molecule has 0 aliphatic carbocycles. The highest BCUT2D eigenvalue weighted by molar-refractivity contribution is 8.00. The third-order valence-electron chi connectivity index (χ3n) is 3.39. The molecular formula is C17H17N3OS2. The molecule has 0 radical (unpaired) electrons. The molecule has 0 spiro atoms. The number of rotatable bonds is 5. The number of nitrogens with one attached hydrogen (secondary N) is 1. The van der Waals surface area contributed by atoms with E-state index in [0.29, 0.717) is 11.7 Å². The molecule has 0 fully saturated rings. The molecule has 118 valence electrons. The van der Waals surface area contributed by atoms with Gasteiger partial charge in [0, 0.05) is 5.69 Å². The molecule has 23 heavy (non-hydrogen) atoms. The molecule has 0 atom stereocenters. The van der Waals surface area contributed by atoms with Crippen LogP contribution in [0.15, 0.2) is 47.1 Å². The van der Waals surface area contributed by atoms with Gasteiger partial charge in [-0.25, -0.2) is 9.97 Å². The third-order valence-corrected chi connectivity index (χ3v) is 5.42. The zero-order valence-corrected chi connectivity index (χ0v) is 14.6. The first kappa shape index (κ1) is 16.0. The number of hydrogen-bond donors (Lipinski definition) is 1. The summed E-state index contributed by atoms with van der Waals surface area (Å²) in [6.07, 6.45) is 1.54. The number of nitrogens with zero attached hydrogens (tertiary/aromatic N) is 2. The van der Waals surface area contributed by atoms with Crippen molar-refractivity contribution in [3.63, 3.8) is 0 Å². The monoisotopic (exact) mass is 343 g/mol. The fraction of sp³-hybridized carbons (Fsp3) is 0.235. The van der Waals surface area contributed by atoms with Crippen molar-refractivity contribution in [2.45, 2.75) is 24.8 Å². The molecule has 3 aromatic rings. The van der Waals surface area contributed by atoms with Crippen LogP contribution in [0.2, 0.25) is 0 Å². The predicted molar refractivity (Wildman–Crippen MR) is 97.3 cm³/mol. The maximum absolute atomic E-state index is 12.2. The lowest BCUT2D eigenvalue weighted by Crippen LogP contribution is -2.14. The molecule has 6 heteroatoms. The zero-order valence-electron chi connectivity index (χ0n) is 12.9. The van der Waals surface area contributed by atoms with Gasteiger partial charge in [0.15, 0.2) is 0 Å². The van der Waals surface area contributed by atoms with Crippen LogP contribution in [0.3, 0.4) is 0 Å². The number of fused-ring (bicyclic) bond motifs is 1. The van der Waals surface area contributed by atoms with Gasteiger partial charge < -0.3 is 5.32 Å². The molecule has 2 heterocycles. The smallest absolute Gasteiger partial charge is 0.234 e. The van der Waals surface area contributed by atoms with Crippen molar-refractivity contribution in [2.75, 3.05) is 11.1 Å². The van der Waals surface area contributed by atoms with Crippen molar-refractivity contribution in [1.29, 1.82) is 0 Å². The third kappa shape index (κ3) is 3.89. The highest BCUT2D eigenvalue weighted by atomic mass is 32.2. The quantitative estimate of drug-likeness (QED) is 0.545. The second kappa shape index (κ2) is 7.10. The van der Waals surface area contributed by atoms with Crippen molar-refractivity contribution in [3.8, 4) is 0 Å². The molecule has 0 unspecified atom stereocenters. The summed E-state index contributed by atoms with van der Waals surface area (Å²) in [5, 5.41) is 5.79. The highest BCUT2D eigenvalue weighted by Crippen LogP contribution is 2.28. The van der Waals surface area contributed by atoms with Crippen LogP contribution in [0.4, 0.5) is 5.69 Å². The summed E-state index contributed by atoms with van der Waals surface area (Å²) < 4.78 is 1.03. The Balaban J connectivity index is 1.64. The number of aromatic nitrogens is 2. The molecule has 1 aromatic carbocycles. The summed E-state index contributed by atoms with van der Waals surface area (Å²) >= 11 is 3.04. The first-order valence-electron chi connectivity index (χ1n) is 7.34. The molecule has 3 rings (SSSR count). The van der Waals surface area contributed by atoms with Gasteiger partial charge in [0.25, 0.3) is 0 Å². The van der Waals surface area contributed by atoms with E-state index >= 15 is 0 Å². The topological polar surface area (TPSA) is 54.9 Å². The van der Waals surface area contributed by atoms with E-state index in [1.807, 2.05) is 29.6 Å². The van der Waals surface area contributed by atoms with Crippen LogP contribution in [0, 0.1) is 0 Å². The summed E-state index contributed by atoms with van der Waals surface area (Å²) in [4.78, 5) is 20.7. The number of thioether (sulfide) groups is 1. The van der Waals surface area contributed by atoms with Crippen molar-refractivity contribution in [2.24, 2.45) is 0 Å². The van der Waals surface area contributed by atoms with E-state index in [1.54, 1.807) is 17.7 Å². The molecule has 2 aromatic heterocycles. The van der Waals surface area contributed by atoms with Crippen LogP contribution in [0.1, 0.15) is 25.3 Å². The van der Waals surface area contributed by atoms with Gasteiger partial charge in [-0.1, -0.05) is 37.7 Å². The fourth-order valence-electron chi connectivity index (χ4n) is 2.18. The second-order valence-corrected chi connectivity index (χ2v) is 7.31. The Morgan fingerprint density at radius 3 is 3.00 bits per heavy atom. The largest absolute Gasteiger partial charge is 0.325 e. The van der Waals surface area contributed by atoms with Crippen molar-refractivity contribution >= 4 is 44.9 Å². The number of thiophene rings is 1. The molecule has 0 saturated heterocycles. The van der Waals surface area contributed by atoms with E-state index < -0.39 is 0 Å². The molecule has 4 nitrogen and oxygen atoms in total. The number of amides is 1. The van der Waals surface area contributed by atoms with Crippen LogP contribution in [0.5, 0.6) is 0 Å². The predicted octanol–water partition coefficient (Wildman–Crippen LogP) is 4.55.